The maximum Gasteiger partial charge on any atom is 0.292 e. The lowest BCUT2D eigenvalue weighted by Crippen LogP contribution is -2.50. The summed E-state index contributed by atoms with van der Waals surface area (Å²) in [5, 5.41) is 11.6. The number of ether oxygens (including phenoxy) is 1. The molecular weight excluding hydrogens is 408 g/mol. The molecule has 0 saturated carbocycles. The Labute approximate surface area is 188 Å². The highest BCUT2D eigenvalue weighted by atomic mass is 16.6. The van der Waals surface area contributed by atoms with Crippen LogP contribution in [0.3, 0.4) is 0 Å². The number of anilines is 2. The van der Waals surface area contributed by atoms with E-state index < -0.39 is 0 Å². The van der Waals surface area contributed by atoms with Gasteiger partial charge >= 0.3 is 0 Å². The fraction of sp³-hybridized carbons (Fsp3) is 0.458. The van der Waals surface area contributed by atoms with Crippen molar-refractivity contribution in [3.63, 3.8) is 0 Å². The number of aryl methyl sites for hydroxylation is 1. The fourth-order valence-corrected chi connectivity index (χ4v) is 4.41. The second-order valence-corrected chi connectivity index (χ2v) is 8.45. The summed E-state index contributed by atoms with van der Waals surface area (Å²) >= 11 is 0. The maximum atomic E-state index is 12.6. The van der Waals surface area contributed by atoms with Gasteiger partial charge in [0.1, 0.15) is 11.4 Å². The van der Waals surface area contributed by atoms with Crippen LogP contribution in [0.15, 0.2) is 42.5 Å². The third-order valence-electron chi connectivity index (χ3n) is 6.20. The van der Waals surface area contributed by atoms with Gasteiger partial charge in [-0.05, 0) is 56.0 Å². The van der Waals surface area contributed by atoms with Crippen LogP contribution in [0, 0.1) is 17.0 Å². The van der Waals surface area contributed by atoms with Gasteiger partial charge in [-0.25, -0.2) is 0 Å². The van der Waals surface area contributed by atoms with Gasteiger partial charge in [0.15, 0.2) is 6.61 Å². The molecule has 32 heavy (non-hydrogen) atoms. The Hall–Kier alpha value is -3.29. The highest BCUT2D eigenvalue weighted by Gasteiger charge is 2.25. The summed E-state index contributed by atoms with van der Waals surface area (Å²) in [6.45, 7) is 6.31. The smallest absolute Gasteiger partial charge is 0.292 e. The van der Waals surface area contributed by atoms with Crippen molar-refractivity contribution in [2.45, 2.75) is 26.2 Å². The number of hydrogen-bond donors (Lipinski definition) is 0. The molecule has 2 aliphatic heterocycles. The van der Waals surface area contributed by atoms with Crippen molar-refractivity contribution in [2.24, 2.45) is 0 Å². The normalized spacial score (nSPS) is 16.7. The van der Waals surface area contributed by atoms with Crippen LogP contribution in [-0.2, 0) is 4.79 Å². The Bertz CT molecular complexity index is 966. The third-order valence-corrected chi connectivity index (χ3v) is 6.20. The minimum absolute atomic E-state index is 0.0242. The molecule has 2 fully saturated rings. The van der Waals surface area contributed by atoms with E-state index in [0.717, 1.165) is 37.2 Å². The number of nitrogens with zero attached hydrogens (tertiary/aromatic N) is 4. The van der Waals surface area contributed by atoms with Crippen molar-refractivity contribution >= 4 is 23.0 Å². The molecule has 0 aliphatic carbocycles. The molecule has 0 aromatic heterocycles. The monoisotopic (exact) mass is 438 g/mol. The zero-order chi connectivity index (χ0) is 22.5. The molecule has 4 rings (SSSR count). The molecule has 2 aliphatic rings. The van der Waals surface area contributed by atoms with Gasteiger partial charge in [-0.1, -0.05) is 12.1 Å². The Morgan fingerprint density at radius 1 is 0.969 bits per heavy atom. The summed E-state index contributed by atoms with van der Waals surface area (Å²) in [5.41, 5.74) is 2.94. The molecule has 0 N–H and O–H groups in total. The number of rotatable bonds is 6. The summed E-state index contributed by atoms with van der Waals surface area (Å²) in [6, 6.07) is 13.1. The number of piperidine rings is 1. The summed E-state index contributed by atoms with van der Waals surface area (Å²) in [5.74, 6) is 0.678. The van der Waals surface area contributed by atoms with E-state index >= 15 is 0 Å². The van der Waals surface area contributed by atoms with Crippen molar-refractivity contribution < 1.29 is 14.5 Å². The Morgan fingerprint density at radius 2 is 1.72 bits per heavy atom. The van der Waals surface area contributed by atoms with Gasteiger partial charge in [0, 0.05) is 51.0 Å². The first kappa shape index (κ1) is 21.9. The molecular formula is C24H30N4O4. The second-order valence-electron chi connectivity index (χ2n) is 8.45. The fourth-order valence-electron chi connectivity index (χ4n) is 4.41. The zero-order valence-electron chi connectivity index (χ0n) is 18.5. The number of nitro benzene ring substituents is 1. The minimum atomic E-state index is -0.293. The van der Waals surface area contributed by atoms with E-state index in [-0.39, 0.29) is 23.1 Å². The minimum Gasteiger partial charge on any atom is -0.484 e. The summed E-state index contributed by atoms with van der Waals surface area (Å²) in [6.07, 6.45) is 3.30. The van der Waals surface area contributed by atoms with E-state index in [1.807, 2.05) is 48.2 Å². The Morgan fingerprint density at radius 3 is 2.41 bits per heavy atom. The number of piperazine rings is 1. The number of nitro groups is 1. The molecule has 170 valence electrons. The van der Waals surface area contributed by atoms with Crippen molar-refractivity contribution in [1.29, 1.82) is 0 Å². The molecule has 2 aromatic carbocycles. The van der Waals surface area contributed by atoms with Crippen LogP contribution in [0.25, 0.3) is 0 Å². The van der Waals surface area contributed by atoms with E-state index in [1.54, 1.807) is 6.07 Å². The third kappa shape index (κ3) is 5.12. The van der Waals surface area contributed by atoms with Gasteiger partial charge < -0.3 is 19.4 Å². The van der Waals surface area contributed by atoms with Crippen LogP contribution in [0.2, 0.25) is 0 Å². The number of carbonyl (C=O) groups excluding carboxylic acids is 1. The lowest BCUT2D eigenvalue weighted by Gasteiger charge is -2.36. The van der Waals surface area contributed by atoms with E-state index in [4.69, 9.17) is 4.74 Å². The van der Waals surface area contributed by atoms with Crippen molar-refractivity contribution in [2.75, 3.05) is 55.7 Å². The van der Waals surface area contributed by atoms with Crippen molar-refractivity contribution in [3.05, 3.63) is 58.1 Å². The number of amides is 1. The molecule has 8 nitrogen and oxygen atoms in total. The molecule has 0 bridgehead atoms. The van der Waals surface area contributed by atoms with E-state index in [1.165, 1.54) is 6.42 Å². The molecule has 0 atom stereocenters. The highest BCUT2D eigenvalue weighted by Crippen LogP contribution is 2.34. The summed E-state index contributed by atoms with van der Waals surface area (Å²) in [4.78, 5) is 30.0. The van der Waals surface area contributed by atoms with Gasteiger partial charge in [-0.2, -0.15) is 0 Å². The van der Waals surface area contributed by atoms with Crippen LogP contribution >= 0.6 is 0 Å². The van der Waals surface area contributed by atoms with Gasteiger partial charge in [0.05, 0.1) is 4.92 Å². The molecule has 0 radical (unpaired) electrons. The summed E-state index contributed by atoms with van der Waals surface area (Å²) in [7, 11) is 0. The lowest BCUT2D eigenvalue weighted by atomic mass is 10.1. The average molecular weight is 439 g/mol. The molecule has 1 amide bonds. The highest BCUT2D eigenvalue weighted by molar-refractivity contribution is 5.78. The topological polar surface area (TPSA) is 79.2 Å². The zero-order valence-corrected chi connectivity index (χ0v) is 18.5. The van der Waals surface area contributed by atoms with Gasteiger partial charge in [0.2, 0.25) is 0 Å². The quantitative estimate of drug-likeness (QED) is 0.506. The van der Waals surface area contributed by atoms with Crippen LogP contribution < -0.4 is 14.5 Å². The lowest BCUT2D eigenvalue weighted by molar-refractivity contribution is -0.384. The predicted octanol–water partition coefficient (Wildman–Crippen LogP) is 3.62. The van der Waals surface area contributed by atoms with Crippen LogP contribution in [-0.4, -0.2) is 61.6 Å². The molecule has 8 heteroatoms. The van der Waals surface area contributed by atoms with E-state index in [9.17, 15) is 14.9 Å². The van der Waals surface area contributed by atoms with Crippen LogP contribution in [0.5, 0.6) is 5.75 Å². The summed E-state index contributed by atoms with van der Waals surface area (Å²) < 4.78 is 5.66. The largest absolute Gasteiger partial charge is 0.484 e. The average Bonchev–Trinajstić information content (AvgIpc) is 2.83. The molecule has 2 aromatic rings. The molecule has 0 unspecified atom stereocenters. The van der Waals surface area contributed by atoms with Gasteiger partial charge in [0.25, 0.3) is 11.6 Å². The first-order valence-corrected chi connectivity index (χ1v) is 11.3. The number of hydrogen-bond acceptors (Lipinski definition) is 6. The second kappa shape index (κ2) is 9.89. The van der Waals surface area contributed by atoms with Gasteiger partial charge in [-0.15, -0.1) is 0 Å². The maximum absolute atomic E-state index is 12.6. The first-order chi connectivity index (χ1) is 15.5. The predicted molar refractivity (Wildman–Crippen MR) is 125 cm³/mol. The van der Waals surface area contributed by atoms with E-state index in [0.29, 0.717) is 37.6 Å². The molecule has 0 spiro atoms. The number of carbonyl (C=O) groups is 1. The Kier molecular flexibility index (Phi) is 6.78. The standard InChI is InChI=1S/C24H30N4O4/c1-19-6-5-7-21(16-19)32-18-24(29)27-14-12-25(13-15-27)20-8-9-22(28(30)31)23(17-20)26-10-3-2-4-11-26/h5-9,16-17H,2-4,10-15,18H2,1H3. The molecule has 2 saturated heterocycles. The van der Waals surface area contributed by atoms with Crippen molar-refractivity contribution in [1.82, 2.24) is 4.90 Å². The first-order valence-electron chi connectivity index (χ1n) is 11.3. The van der Waals surface area contributed by atoms with Gasteiger partial charge in [-0.3, -0.25) is 14.9 Å². The molecule has 2 heterocycles. The van der Waals surface area contributed by atoms with E-state index in [2.05, 4.69) is 9.80 Å². The SMILES string of the molecule is Cc1cccc(OCC(=O)N2CCN(c3ccc([N+](=O)[O-])c(N4CCCCC4)c3)CC2)c1. The van der Waals surface area contributed by atoms with Crippen molar-refractivity contribution in [3.8, 4) is 5.75 Å². The number of benzene rings is 2. The Balaban J connectivity index is 1.37. The van der Waals surface area contributed by atoms with Crippen LogP contribution in [0.1, 0.15) is 24.8 Å². The van der Waals surface area contributed by atoms with Crippen LogP contribution in [0.4, 0.5) is 17.1 Å².